The number of nitrogens with two attached hydrogens (primary N) is 1. The Balaban J connectivity index is 1.42. The lowest BCUT2D eigenvalue weighted by Gasteiger charge is -2.41. The van der Waals surface area contributed by atoms with Crippen molar-refractivity contribution in [2.45, 2.75) is 154 Å². The van der Waals surface area contributed by atoms with Crippen LogP contribution < -0.4 is 5.73 Å². The topological polar surface area (TPSA) is 223 Å². The molecule has 2 aromatic heterocycles. The van der Waals surface area contributed by atoms with Crippen molar-refractivity contribution >= 4 is 68.0 Å². The van der Waals surface area contributed by atoms with E-state index < -0.39 is 53.1 Å². The Morgan fingerprint density at radius 3 is 2.17 bits per heavy atom. The van der Waals surface area contributed by atoms with Gasteiger partial charge in [0.05, 0.1) is 47.6 Å². The molecule has 3 aromatic rings. The fourth-order valence-corrected chi connectivity index (χ4v) is 11.6. The Bertz CT molecular complexity index is 2200. The number of benzene rings is 1. The number of nitrogen functional groups attached to an aromatic ring is 1. The van der Waals surface area contributed by atoms with Crippen LogP contribution in [0.2, 0.25) is 0 Å². The molecule has 17 nitrogen and oxygen atoms in total. The number of Topliss-reactive ketones (excluding diaryl/α,β-unsaturated/α-hetero) is 2. The fraction of sp³-hybridized carbons (Fsp3) is 0.686. The van der Waals surface area contributed by atoms with Gasteiger partial charge >= 0.3 is 6.09 Å². The molecule has 0 bridgehead atoms. The Kier molecular flexibility index (Phi) is 22.0. The normalized spacial score (nSPS) is 18.2. The van der Waals surface area contributed by atoms with Gasteiger partial charge in [-0.25, -0.2) is 19.7 Å². The largest absolute Gasteiger partial charge is 0.448 e. The highest BCUT2D eigenvalue weighted by molar-refractivity contribution is 8.77. The Hall–Kier alpha value is -4.30. The third kappa shape index (κ3) is 14.9. The van der Waals surface area contributed by atoms with Crippen LogP contribution in [0.3, 0.4) is 0 Å². The van der Waals surface area contributed by atoms with E-state index in [9.17, 15) is 29.1 Å². The second kappa shape index (κ2) is 26.4. The zero-order valence-electron chi connectivity index (χ0n) is 43.8. The van der Waals surface area contributed by atoms with Crippen molar-refractivity contribution in [3.8, 4) is 0 Å². The molecule has 10 atom stereocenters. The van der Waals surface area contributed by atoms with Gasteiger partial charge in [-0.1, -0.05) is 103 Å². The van der Waals surface area contributed by atoms with Gasteiger partial charge < -0.3 is 44.7 Å². The number of aliphatic hydroxyl groups is 1. The number of fused-ring (bicyclic) bond motifs is 1. The molecule has 390 valence electrons. The molecule has 4 N–H and O–H groups in total. The molecule has 4 rings (SSSR count). The number of ketones is 2. The highest BCUT2D eigenvalue weighted by atomic mass is 33.1. The molecule has 0 spiro atoms. The first kappa shape index (κ1) is 58.3. The summed E-state index contributed by atoms with van der Waals surface area (Å²) in [6.45, 7) is 19.7. The predicted octanol–water partition coefficient (Wildman–Crippen LogP) is 8.03. The number of anilines is 1. The molecule has 3 amide bonds. The molecule has 1 aliphatic rings. The van der Waals surface area contributed by atoms with Crippen molar-refractivity contribution < 1.29 is 43.3 Å². The standard InChI is InChI=1S/C51H80N8O9S2/c1-15-31(6)43(39(66-13)26-40(62)59-23-19-22-36(59)45(67-14)33(8)37(60)24-32(7)44(63)34-20-17-16-18-21-34)57(11)48(64)35(29(2)3)25-38(61)42(30(4)5)58(12)50(65)68-27-51(9,10)70-69-49-55-41-46(52)53-28-54-47(41)56-49/h16-18,20-21,28-33,35-36,39,42-45,63H,15,19,22-27H2,1-14H3,(H3,52,53,54,55,56)/t31-,32-,33-,35-,36-,39+,42-,43-,44+,45+/m0/s1. The molecule has 3 heterocycles. The third-order valence-electron chi connectivity index (χ3n) is 14.0. The molecular weight excluding hydrogens is 933 g/mol. The number of methoxy groups -OCH3 is 2. The number of carbonyl (C=O) groups excluding carboxylic acids is 5. The van der Waals surface area contributed by atoms with Crippen LogP contribution in [0, 0.1) is 35.5 Å². The van der Waals surface area contributed by atoms with Crippen LogP contribution >= 0.6 is 21.6 Å². The van der Waals surface area contributed by atoms with E-state index in [0.717, 1.165) is 12.0 Å². The zero-order valence-corrected chi connectivity index (χ0v) is 45.5. The number of aromatic nitrogens is 4. The van der Waals surface area contributed by atoms with Gasteiger partial charge in [-0.2, -0.15) is 0 Å². The number of imidazole rings is 1. The summed E-state index contributed by atoms with van der Waals surface area (Å²) in [4.78, 5) is 91.3. The number of amides is 3. The van der Waals surface area contributed by atoms with Gasteiger partial charge in [-0.3, -0.25) is 19.2 Å². The van der Waals surface area contributed by atoms with Gasteiger partial charge in [0.25, 0.3) is 0 Å². The maximum Gasteiger partial charge on any atom is 0.410 e. The molecule has 0 radical (unpaired) electrons. The van der Waals surface area contributed by atoms with Crippen molar-refractivity contribution in [3.63, 3.8) is 0 Å². The van der Waals surface area contributed by atoms with Crippen molar-refractivity contribution in [1.82, 2.24) is 34.6 Å². The quantitative estimate of drug-likeness (QED) is 0.0615. The summed E-state index contributed by atoms with van der Waals surface area (Å²) < 4.78 is 17.3. The monoisotopic (exact) mass is 1010 g/mol. The van der Waals surface area contributed by atoms with Crippen molar-refractivity contribution in [2.75, 3.05) is 47.2 Å². The molecule has 1 aromatic carbocycles. The molecule has 0 saturated carbocycles. The van der Waals surface area contributed by atoms with Crippen LogP contribution in [0.15, 0.2) is 41.8 Å². The Morgan fingerprint density at radius 1 is 0.914 bits per heavy atom. The lowest BCUT2D eigenvalue weighted by molar-refractivity contribution is -0.149. The van der Waals surface area contributed by atoms with E-state index in [1.54, 1.807) is 38.1 Å². The summed E-state index contributed by atoms with van der Waals surface area (Å²) in [7, 11) is 9.19. The van der Waals surface area contributed by atoms with Crippen LogP contribution in [0.1, 0.15) is 119 Å². The summed E-state index contributed by atoms with van der Waals surface area (Å²) in [5.41, 5.74) is 7.70. The van der Waals surface area contributed by atoms with E-state index in [4.69, 9.17) is 19.9 Å². The number of hydrogen-bond donors (Lipinski definition) is 3. The first-order valence-corrected chi connectivity index (χ1v) is 26.7. The van der Waals surface area contributed by atoms with E-state index in [0.29, 0.717) is 41.5 Å². The van der Waals surface area contributed by atoms with Crippen LogP contribution in [0.5, 0.6) is 0 Å². The van der Waals surface area contributed by atoms with Gasteiger partial charge in [0, 0.05) is 59.5 Å². The summed E-state index contributed by atoms with van der Waals surface area (Å²) in [6, 6.07) is 7.57. The van der Waals surface area contributed by atoms with Crippen LogP contribution in [0.25, 0.3) is 11.2 Å². The number of nitrogens with one attached hydrogen (secondary N) is 1. The molecule has 0 aliphatic carbocycles. The molecule has 1 aliphatic heterocycles. The number of ether oxygens (including phenoxy) is 3. The number of aliphatic hydroxyl groups excluding tert-OH is 1. The van der Waals surface area contributed by atoms with Gasteiger partial charge in [-0.05, 0) is 66.7 Å². The molecule has 1 saturated heterocycles. The first-order valence-electron chi connectivity index (χ1n) is 24.6. The highest BCUT2D eigenvalue weighted by Gasteiger charge is 2.44. The number of rotatable bonds is 27. The van der Waals surface area contributed by atoms with E-state index in [1.807, 2.05) is 99.6 Å². The zero-order chi connectivity index (χ0) is 52.2. The number of carbonyl (C=O) groups is 5. The van der Waals surface area contributed by atoms with Gasteiger partial charge in [0.1, 0.15) is 24.2 Å². The van der Waals surface area contributed by atoms with Crippen molar-refractivity contribution in [2.24, 2.45) is 35.5 Å². The number of aromatic amines is 1. The number of likely N-dealkylation sites (tertiary alicyclic amines) is 1. The molecule has 19 heteroatoms. The maximum atomic E-state index is 14.7. The summed E-state index contributed by atoms with van der Waals surface area (Å²) in [5, 5.41) is 11.6. The minimum absolute atomic E-state index is 0.00940. The van der Waals surface area contributed by atoms with E-state index in [1.165, 1.54) is 32.8 Å². The number of likely N-dealkylation sites (N-methyl/N-ethyl adjacent to an activating group) is 2. The summed E-state index contributed by atoms with van der Waals surface area (Å²) in [5.74, 6) is -2.59. The number of hydrogen-bond acceptors (Lipinski definition) is 15. The Morgan fingerprint density at radius 2 is 1.59 bits per heavy atom. The average molecular weight is 1010 g/mol. The highest BCUT2D eigenvalue weighted by Crippen LogP contribution is 2.41. The van der Waals surface area contributed by atoms with Crippen LogP contribution in [-0.4, -0.2) is 146 Å². The number of nitrogens with zero attached hydrogens (tertiary/aromatic N) is 6. The van der Waals surface area contributed by atoms with E-state index in [2.05, 4.69) is 19.9 Å². The fourth-order valence-electron chi connectivity index (χ4n) is 9.67. The van der Waals surface area contributed by atoms with E-state index >= 15 is 0 Å². The van der Waals surface area contributed by atoms with Crippen LogP contribution in [-0.2, 0) is 33.4 Å². The van der Waals surface area contributed by atoms with Gasteiger partial charge in [0.15, 0.2) is 22.4 Å². The Labute approximate surface area is 423 Å². The van der Waals surface area contributed by atoms with Gasteiger partial charge in [-0.15, -0.1) is 0 Å². The molecule has 70 heavy (non-hydrogen) atoms. The second-order valence-electron chi connectivity index (χ2n) is 20.4. The summed E-state index contributed by atoms with van der Waals surface area (Å²) >= 11 is 0. The average Bonchev–Trinajstić information content (AvgIpc) is 4.00. The number of H-pyrrole nitrogens is 1. The molecular formula is C51H80N8O9S2. The molecule has 1 fully saturated rings. The third-order valence-corrected chi connectivity index (χ3v) is 17.0. The lowest BCUT2D eigenvalue weighted by Crippen LogP contribution is -2.54. The van der Waals surface area contributed by atoms with Crippen molar-refractivity contribution in [1.29, 1.82) is 0 Å². The molecule has 0 unspecified atom stereocenters. The van der Waals surface area contributed by atoms with Gasteiger partial charge in [0.2, 0.25) is 11.8 Å². The lowest BCUT2D eigenvalue weighted by atomic mass is 9.83. The van der Waals surface area contributed by atoms with Crippen LogP contribution in [0.4, 0.5) is 10.6 Å². The summed E-state index contributed by atoms with van der Waals surface area (Å²) in [6.07, 6.45) is 0.799. The smallest absolute Gasteiger partial charge is 0.410 e. The van der Waals surface area contributed by atoms with Crippen molar-refractivity contribution in [3.05, 3.63) is 42.2 Å². The second-order valence-corrected chi connectivity index (χ2v) is 23.2. The predicted molar refractivity (Wildman–Crippen MR) is 276 cm³/mol. The SMILES string of the molecule is CC[C@H](C)[C@@H]([C@@H](CC(=O)N1CCC[C@H]1[C@H](OC)[C@@H](C)C(=O)C[C@H](C)[C@@H](O)c1ccccc1)OC)N(C)C(=O)[C@@H](CC(=O)[C@H](C(C)C)N(C)C(=O)OCC(C)(C)SSc1nc2ncnc(N)c2[nH]1)C(C)C. The minimum atomic E-state index is -0.861. The maximum absolute atomic E-state index is 14.7. The first-order chi connectivity index (χ1) is 33.0. The minimum Gasteiger partial charge on any atom is -0.448 e. The van der Waals surface area contributed by atoms with E-state index in [-0.39, 0.29) is 79.0 Å².